The number of aromatic nitrogens is 4. The lowest BCUT2D eigenvalue weighted by Crippen LogP contribution is -2.18. The van der Waals surface area contributed by atoms with Gasteiger partial charge in [-0.1, -0.05) is 0 Å². The van der Waals surface area contributed by atoms with E-state index in [0.717, 1.165) is 25.2 Å². The van der Waals surface area contributed by atoms with Crippen molar-refractivity contribution in [2.75, 3.05) is 0 Å². The molecule has 0 aromatic carbocycles. The lowest BCUT2D eigenvalue weighted by Gasteiger charge is -2.20. The fraction of sp³-hybridized carbons (Fsp3) is 0.500. The van der Waals surface area contributed by atoms with Gasteiger partial charge < -0.3 is 10.3 Å². The van der Waals surface area contributed by atoms with Crippen molar-refractivity contribution < 1.29 is 0 Å². The Balaban J connectivity index is 1.89. The predicted molar refractivity (Wildman–Crippen MR) is 64.4 cm³/mol. The zero-order valence-electron chi connectivity index (χ0n) is 10.0. The van der Waals surface area contributed by atoms with Gasteiger partial charge >= 0.3 is 0 Å². The molecule has 90 valence electrons. The molecule has 5 heteroatoms. The summed E-state index contributed by atoms with van der Waals surface area (Å²) in [7, 11) is 1.89. The Kier molecular flexibility index (Phi) is 2.48. The first-order valence-electron chi connectivity index (χ1n) is 6.02. The van der Waals surface area contributed by atoms with E-state index in [9.17, 15) is 0 Å². The van der Waals surface area contributed by atoms with Crippen LogP contribution in [0, 0.1) is 0 Å². The molecule has 0 saturated carbocycles. The van der Waals surface area contributed by atoms with E-state index in [4.69, 9.17) is 5.73 Å². The van der Waals surface area contributed by atoms with Crippen LogP contribution in [0.4, 0.5) is 0 Å². The zero-order valence-corrected chi connectivity index (χ0v) is 10.0. The van der Waals surface area contributed by atoms with Crippen molar-refractivity contribution in [1.29, 1.82) is 0 Å². The molecule has 5 nitrogen and oxygen atoms in total. The van der Waals surface area contributed by atoms with Gasteiger partial charge in [-0.05, 0) is 30.9 Å². The first kappa shape index (κ1) is 10.5. The van der Waals surface area contributed by atoms with Crippen molar-refractivity contribution in [1.82, 2.24) is 19.3 Å². The van der Waals surface area contributed by atoms with E-state index in [1.807, 2.05) is 7.05 Å². The van der Waals surface area contributed by atoms with Crippen molar-refractivity contribution in [3.63, 3.8) is 0 Å². The van der Waals surface area contributed by atoms with Gasteiger partial charge in [0, 0.05) is 25.0 Å². The van der Waals surface area contributed by atoms with Crippen molar-refractivity contribution in [2.45, 2.75) is 31.8 Å². The van der Waals surface area contributed by atoms with E-state index in [-0.39, 0.29) is 6.04 Å². The second-order valence-electron chi connectivity index (χ2n) is 4.68. The van der Waals surface area contributed by atoms with Crippen LogP contribution in [0.2, 0.25) is 0 Å². The minimum Gasteiger partial charge on any atom is -0.343 e. The molecule has 17 heavy (non-hydrogen) atoms. The first-order chi connectivity index (χ1) is 8.24. The number of nitrogens with zero attached hydrogens (tertiary/aromatic N) is 4. The molecule has 0 bridgehead atoms. The Morgan fingerprint density at radius 3 is 3.18 bits per heavy atom. The van der Waals surface area contributed by atoms with Gasteiger partial charge in [-0.2, -0.15) is 5.10 Å². The normalized spacial score (nSPS) is 19.3. The van der Waals surface area contributed by atoms with E-state index >= 15 is 0 Å². The smallest absolute Gasteiger partial charge is 0.170 e. The standard InChI is InChI=1S/C12H17N5/c1-16-8-14-12(15-16)7-17-6-5-9-10(13)3-2-4-11(9)17/h5-6,8,10H,2-4,7,13H2,1H3. The molecule has 2 aromatic heterocycles. The van der Waals surface area contributed by atoms with E-state index in [2.05, 4.69) is 26.9 Å². The summed E-state index contributed by atoms with van der Waals surface area (Å²) in [6, 6.07) is 2.35. The zero-order chi connectivity index (χ0) is 11.8. The molecule has 2 heterocycles. The number of hydrogen-bond donors (Lipinski definition) is 1. The molecule has 1 aliphatic rings. The summed E-state index contributed by atoms with van der Waals surface area (Å²) in [5.74, 6) is 0.852. The molecule has 0 fully saturated rings. The van der Waals surface area contributed by atoms with Gasteiger partial charge in [0.15, 0.2) is 5.82 Å². The average molecular weight is 231 g/mol. The van der Waals surface area contributed by atoms with Crippen LogP contribution in [-0.4, -0.2) is 19.3 Å². The molecule has 1 unspecified atom stereocenters. The molecule has 1 atom stereocenters. The van der Waals surface area contributed by atoms with Crippen LogP contribution in [0.3, 0.4) is 0 Å². The maximum atomic E-state index is 6.11. The molecule has 2 aromatic rings. The number of fused-ring (bicyclic) bond motifs is 1. The van der Waals surface area contributed by atoms with Gasteiger partial charge in [-0.3, -0.25) is 4.68 Å². The summed E-state index contributed by atoms with van der Waals surface area (Å²) in [5.41, 5.74) is 8.76. The Morgan fingerprint density at radius 2 is 2.41 bits per heavy atom. The summed E-state index contributed by atoms with van der Waals surface area (Å²) >= 11 is 0. The third-order valence-electron chi connectivity index (χ3n) is 3.40. The van der Waals surface area contributed by atoms with Crippen LogP contribution in [0.1, 0.15) is 36.0 Å². The highest BCUT2D eigenvalue weighted by atomic mass is 15.3. The van der Waals surface area contributed by atoms with Gasteiger partial charge in [-0.15, -0.1) is 0 Å². The van der Waals surface area contributed by atoms with Crippen LogP contribution in [-0.2, 0) is 20.0 Å². The Bertz CT molecular complexity index is 525. The molecule has 3 rings (SSSR count). The van der Waals surface area contributed by atoms with Crippen molar-refractivity contribution in [2.24, 2.45) is 12.8 Å². The van der Waals surface area contributed by atoms with Gasteiger partial charge in [-0.25, -0.2) is 4.98 Å². The van der Waals surface area contributed by atoms with Crippen LogP contribution in [0.15, 0.2) is 18.6 Å². The quantitative estimate of drug-likeness (QED) is 0.838. The third-order valence-corrected chi connectivity index (χ3v) is 3.40. The summed E-state index contributed by atoms with van der Waals surface area (Å²) in [6.45, 7) is 0.739. The maximum Gasteiger partial charge on any atom is 0.170 e. The van der Waals surface area contributed by atoms with E-state index in [1.54, 1.807) is 11.0 Å². The van der Waals surface area contributed by atoms with E-state index in [1.165, 1.54) is 17.7 Å². The van der Waals surface area contributed by atoms with Crippen LogP contribution < -0.4 is 5.73 Å². The summed E-state index contributed by atoms with van der Waals surface area (Å²) in [4.78, 5) is 4.26. The molecule has 0 spiro atoms. The van der Waals surface area contributed by atoms with E-state index < -0.39 is 0 Å². The minimum absolute atomic E-state index is 0.205. The number of nitrogens with two attached hydrogens (primary N) is 1. The van der Waals surface area contributed by atoms with Gasteiger partial charge in [0.2, 0.25) is 0 Å². The Labute approximate surface area is 100 Å². The van der Waals surface area contributed by atoms with Crippen LogP contribution >= 0.6 is 0 Å². The molecule has 2 N–H and O–H groups in total. The Morgan fingerprint density at radius 1 is 1.53 bits per heavy atom. The molecule has 1 aliphatic carbocycles. The second-order valence-corrected chi connectivity index (χ2v) is 4.68. The van der Waals surface area contributed by atoms with Gasteiger partial charge in [0.1, 0.15) is 6.33 Å². The van der Waals surface area contributed by atoms with E-state index in [0.29, 0.717) is 0 Å². The topological polar surface area (TPSA) is 61.7 Å². The van der Waals surface area contributed by atoms with Crippen LogP contribution in [0.25, 0.3) is 0 Å². The Hall–Kier alpha value is -1.62. The summed E-state index contributed by atoms with van der Waals surface area (Å²) < 4.78 is 3.96. The fourth-order valence-electron chi connectivity index (χ4n) is 2.55. The largest absolute Gasteiger partial charge is 0.343 e. The SMILES string of the molecule is Cn1cnc(Cn2ccc3c2CCCC3N)n1. The lowest BCUT2D eigenvalue weighted by molar-refractivity contribution is 0.544. The summed E-state index contributed by atoms with van der Waals surface area (Å²) in [5, 5.41) is 4.31. The molecule has 0 saturated heterocycles. The fourth-order valence-corrected chi connectivity index (χ4v) is 2.55. The molecular formula is C12H17N5. The number of hydrogen-bond acceptors (Lipinski definition) is 3. The highest BCUT2D eigenvalue weighted by molar-refractivity contribution is 5.28. The minimum atomic E-state index is 0.205. The van der Waals surface area contributed by atoms with Gasteiger partial charge in [0.25, 0.3) is 0 Å². The molecule has 0 aliphatic heterocycles. The lowest BCUT2D eigenvalue weighted by atomic mass is 9.94. The number of aryl methyl sites for hydroxylation is 1. The molecule has 0 amide bonds. The monoisotopic (exact) mass is 231 g/mol. The van der Waals surface area contributed by atoms with Gasteiger partial charge in [0.05, 0.1) is 6.54 Å². The highest BCUT2D eigenvalue weighted by Gasteiger charge is 2.20. The summed E-state index contributed by atoms with van der Waals surface area (Å²) in [6.07, 6.45) is 7.22. The average Bonchev–Trinajstić information content (AvgIpc) is 2.88. The predicted octanol–water partition coefficient (Wildman–Crippen LogP) is 1.00. The first-order valence-corrected chi connectivity index (χ1v) is 6.02. The van der Waals surface area contributed by atoms with Crippen LogP contribution in [0.5, 0.6) is 0 Å². The molecule has 0 radical (unpaired) electrons. The van der Waals surface area contributed by atoms with Crippen molar-refractivity contribution in [3.8, 4) is 0 Å². The molecular weight excluding hydrogens is 214 g/mol. The highest BCUT2D eigenvalue weighted by Crippen LogP contribution is 2.28. The van der Waals surface area contributed by atoms with Crippen molar-refractivity contribution >= 4 is 0 Å². The number of rotatable bonds is 2. The van der Waals surface area contributed by atoms with Crippen molar-refractivity contribution in [3.05, 3.63) is 35.7 Å². The second kappa shape index (κ2) is 4.00. The third kappa shape index (κ3) is 1.86. The maximum absolute atomic E-state index is 6.11.